The minimum atomic E-state index is -0.736. The predicted molar refractivity (Wildman–Crippen MR) is 135 cm³/mol. The van der Waals surface area contributed by atoms with Crippen LogP contribution in [0.5, 0.6) is 0 Å². The van der Waals surface area contributed by atoms with E-state index in [1.54, 1.807) is 70.7 Å². The van der Waals surface area contributed by atoms with E-state index >= 15 is 0 Å². The van der Waals surface area contributed by atoms with E-state index in [0.29, 0.717) is 22.8 Å². The van der Waals surface area contributed by atoms with Crippen molar-refractivity contribution < 1.29 is 14.6 Å². The maximum Gasteiger partial charge on any atom is 0.269 e. The Morgan fingerprint density at radius 1 is 0.811 bits per heavy atom. The molecule has 0 bridgehead atoms. The Hall–Kier alpha value is -5.32. The first-order valence-electron chi connectivity index (χ1n) is 11.2. The van der Waals surface area contributed by atoms with Crippen LogP contribution in [0.4, 0.5) is 17.1 Å². The Kier molecular flexibility index (Phi) is 5.94. The molecule has 1 amide bonds. The highest BCUT2D eigenvalue weighted by Crippen LogP contribution is 2.37. The van der Waals surface area contributed by atoms with Crippen LogP contribution in [0.25, 0.3) is 5.69 Å². The van der Waals surface area contributed by atoms with Crippen molar-refractivity contribution in [2.45, 2.75) is 13.1 Å². The van der Waals surface area contributed by atoms with Crippen molar-refractivity contribution >= 4 is 23.0 Å². The standard InChI is InChI=1S/C26H20N6O5/c1-18-2-4-19(5-3-18)26(33)30-17-16-29(21-8-12-23(13-9-21)32(36)37)25(30)24-27-14-15-28(24)20-6-10-22(11-7-20)31(34)35/h2-17,25H,1H3/t25-/m0/s1. The zero-order valence-corrected chi connectivity index (χ0v) is 19.5. The van der Waals surface area contributed by atoms with Gasteiger partial charge in [-0.25, -0.2) is 4.98 Å². The third kappa shape index (κ3) is 4.41. The second kappa shape index (κ2) is 9.38. The Morgan fingerprint density at radius 2 is 1.38 bits per heavy atom. The number of benzene rings is 3. The topological polar surface area (TPSA) is 128 Å². The summed E-state index contributed by atoms with van der Waals surface area (Å²) in [6.45, 7) is 1.93. The molecular weight excluding hydrogens is 476 g/mol. The van der Waals surface area contributed by atoms with Gasteiger partial charge in [0.25, 0.3) is 17.3 Å². The van der Waals surface area contributed by atoms with Crippen LogP contribution in [-0.4, -0.2) is 30.2 Å². The maximum absolute atomic E-state index is 13.6. The van der Waals surface area contributed by atoms with Gasteiger partial charge < -0.3 is 9.47 Å². The largest absolute Gasteiger partial charge is 0.319 e. The molecule has 0 saturated carbocycles. The van der Waals surface area contributed by atoms with E-state index < -0.39 is 16.0 Å². The second-order valence-corrected chi connectivity index (χ2v) is 8.36. The summed E-state index contributed by atoms with van der Waals surface area (Å²) in [5.74, 6) is 0.210. The van der Waals surface area contributed by atoms with Gasteiger partial charge in [0, 0.05) is 66.0 Å². The first-order chi connectivity index (χ1) is 17.8. The van der Waals surface area contributed by atoms with Crippen LogP contribution >= 0.6 is 0 Å². The van der Waals surface area contributed by atoms with Crippen LogP contribution in [0.15, 0.2) is 97.6 Å². The number of aromatic nitrogens is 2. The van der Waals surface area contributed by atoms with Gasteiger partial charge in [0.15, 0.2) is 12.0 Å². The molecule has 0 spiro atoms. The van der Waals surface area contributed by atoms with Crippen LogP contribution in [0.1, 0.15) is 27.9 Å². The number of carbonyl (C=O) groups excluding carboxylic acids is 1. The number of nitrogens with zero attached hydrogens (tertiary/aromatic N) is 6. The van der Waals surface area contributed by atoms with Crippen molar-refractivity contribution in [1.29, 1.82) is 0 Å². The van der Waals surface area contributed by atoms with E-state index in [1.807, 2.05) is 19.1 Å². The van der Waals surface area contributed by atoms with Crippen LogP contribution in [0.2, 0.25) is 0 Å². The number of carbonyl (C=O) groups is 1. The minimum Gasteiger partial charge on any atom is -0.319 e. The normalized spacial score (nSPS) is 14.7. The van der Waals surface area contributed by atoms with E-state index in [9.17, 15) is 25.0 Å². The Bertz CT molecular complexity index is 1510. The maximum atomic E-state index is 13.6. The fourth-order valence-electron chi connectivity index (χ4n) is 4.15. The predicted octanol–water partition coefficient (Wildman–Crippen LogP) is 5.13. The molecule has 11 nitrogen and oxygen atoms in total. The van der Waals surface area contributed by atoms with Gasteiger partial charge in [-0.1, -0.05) is 17.7 Å². The van der Waals surface area contributed by atoms with Crippen molar-refractivity contribution in [1.82, 2.24) is 14.5 Å². The molecule has 1 aromatic heterocycles. The number of non-ortho nitro benzene ring substituents is 2. The number of rotatable bonds is 6. The van der Waals surface area contributed by atoms with Crippen LogP contribution < -0.4 is 4.90 Å². The minimum absolute atomic E-state index is 0.0448. The van der Waals surface area contributed by atoms with Gasteiger partial charge in [0.1, 0.15) is 0 Å². The van der Waals surface area contributed by atoms with Gasteiger partial charge in [-0.3, -0.25) is 29.9 Å². The number of amides is 1. The molecule has 4 aromatic rings. The summed E-state index contributed by atoms with van der Waals surface area (Å²) in [6, 6.07) is 19.2. The monoisotopic (exact) mass is 496 g/mol. The quantitative estimate of drug-likeness (QED) is 0.267. The lowest BCUT2D eigenvalue weighted by Crippen LogP contribution is -2.36. The van der Waals surface area contributed by atoms with Gasteiger partial charge in [-0.2, -0.15) is 0 Å². The molecule has 0 radical (unpaired) electrons. The highest BCUT2D eigenvalue weighted by Gasteiger charge is 2.37. The summed E-state index contributed by atoms with van der Waals surface area (Å²) < 4.78 is 1.75. The molecule has 1 aliphatic heterocycles. The average molecular weight is 496 g/mol. The third-order valence-electron chi connectivity index (χ3n) is 6.05. The van der Waals surface area contributed by atoms with Crippen molar-refractivity contribution in [3.63, 3.8) is 0 Å². The smallest absolute Gasteiger partial charge is 0.269 e. The summed E-state index contributed by atoms with van der Waals surface area (Å²) in [4.78, 5) is 42.8. The number of nitro groups is 2. The van der Waals surface area contributed by atoms with Gasteiger partial charge in [0.2, 0.25) is 0 Å². The number of hydrogen-bond acceptors (Lipinski definition) is 7. The summed E-state index contributed by atoms with van der Waals surface area (Å²) in [6.07, 6.45) is 5.91. The van der Waals surface area contributed by atoms with Crippen LogP contribution in [-0.2, 0) is 0 Å². The van der Waals surface area contributed by atoms with E-state index in [2.05, 4.69) is 4.98 Å². The van der Waals surface area contributed by atoms with Crippen molar-refractivity contribution in [2.75, 3.05) is 4.90 Å². The lowest BCUT2D eigenvalue weighted by atomic mass is 10.1. The summed E-state index contributed by atoms with van der Waals surface area (Å²) in [5, 5.41) is 22.2. The molecule has 1 atom stereocenters. The molecule has 184 valence electrons. The number of aryl methyl sites for hydroxylation is 1. The molecule has 0 fully saturated rings. The summed E-state index contributed by atoms with van der Waals surface area (Å²) in [5.41, 5.74) is 2.64. The number of hydrogen-bond donors (Lipinski definition) is 0. The molecule has 2 heterocycles. The average Bonchev–Trinajstić information content (AvgIpc) is 3.56. The molecule has 0 saturated heterocycles. The second-order valence-electron chi connectivity index (χ2n) is 8.36. The molecule has 1 aliphatic rings. The lowest BCUT2D eigenvalue weighted by Gasteiger charge is -2.31. The van der Waals surface area contributed by atoms with Crippen molar-refractivity contribution in [2.24, 2.45) is 0 Å². The zero-order valence-electron chi connectivity index (χ0n) is 19.5. The van der Waals surface area contributed by atoms with Crippen molar-refractivity contribution in [3.8, 4) is 5.69 Å². The third-order valence-corrected chi connectivity index (χ3v) is 6.05. The zero-order chi connectivity index (χ0) is 26.1. The first kappa shape index (κ1) is 23.4. The summed E-state index contributed by atoms with van der Waals surface area (Å²) >= 11 is 0. The molecule has 5 rings (SSSR count). The Labute approximate surface area is 210 Å². The first-order valence-corrected chi connectivity index (χ1v) is 11.2. The highest BCUT2D eigenvalue weighted by molar-refractivity contribution is 5.96. The van der Waals surface area contributed by atoms with Gasteiger partial charge in [0.05, 0.1) is 9.85 Å². The van der Waals surface area contributed by atoms with E-state index in [0.717, 1.165) is 5.56 Å². The van der Waals surface area contributed by atoms with Crippen LogP contribution in [0, 0.1) is 27.2 Å². The summed E-state index contributed by atoms with van der Waals surface area (Å²) in [7, 11) is 0. The number of anilines is 1. The van der Waals surface area contributed by atoms with Crippen molar-refractivity contribution in [3.05, 3.63) is 135 Å². The molecule has 0 N–H and O–H groups in total. The number of nitro benzene ring substituents is 2. The molecule has 11 heteroatoms. The molecule has 37 heavy (non-hydrogen) atoms. The number of imidazole rings is 1. The van der Waals surface area contributed by atoms with E-state index in [-0.39, 0.29) is 17.3 Å². The highest BCUT2D eigenvalue weighted by atomic mass is 16.6. The van der Waals surface area contributed by atoms with Gasteiger partial charge in [-0.15, -0.1) is 0 Å². The van der Waals surface area contributed by atoms with Crippen LogP contribution in [0.3, 0.4) is 0 Å². The Balaban J connectivity index is 1.58. The fourth-order valence-corrected chi connectivity index (χ4v) is 4.15. The fraction of sp³-hybridized carbons (Fsp3) is 0.0769. The van der Waals surface area contributed by atoms with Gasteiger partial charge >= 0.3 is 0 Å². The molecule has 3 aromatic carbocycles. The molecule has 0 unspecified atom stereocenters. The molecule has 0 aliphatic carbocycles. The molecular formula is C26H20N6O5. The van der Waals surface area contributed by atoms with Gasteiger partial charge in [-0.05, 0) is 43.3 Å². The SMILES string of the molecule is Cc1ccc(C(=O)N2C=CN(c3ccc([N+](=O)[O-])cc3)[C@@H]2c2nccn2-c2ccc([N+](=O)[O-])cc2)cc1. The lowest BCUT2D eigenvalue weighted by molar-refractivity contribution is -0.385. The van der Waals surface area contributed by atoms with E-state index in [4.69, 9.17) is 0 Å². The Morgan fingerprint density at radius 3 is 1.95 bits per heavy atom. The van der Waals surface area contributed by atoms with E-state index in [1.165, 1.54) is 29.2 Å².